The molecular formula is C20H23FN2O. The molecule has 1 saturated heterocycles. The number of rotatable bonds is 4. The molecule has 4 heteroatoms. The van der Waals surface area contributed by atoms with Gasteiger partial charge in [0.05, 0.1) is 0 Å². The Morgan fingerprint density at radius 3 is 2.50 bits per heavy atom. The van der Waals surface area contributed by atoms with Gasteiger partial charge in [0.25, 0.3) is 0 Å². The largest absolute Gasteiger partial charge is 0.368 e. The monoisotopic (exact) mass is 326 g/mol. The Kier molecular flexibility index (Phi) is 5.14. The van der Waals surface area contributed by atoms with Crippen molar-refractivity contribution in [3.63, 3.8) is 0 Å². The summed E-state index contributed by atoms with van der Waals surface area (Å²) < 4.78 is 13.2. The van der Waals surface area contributed by atoms with E-state index in [0.29, 0.717) is 12.8 Å². The fraction of sp³-hybridized carbons (Fsp3) is 0.350. The van der Waals surface area contributed by atoms with Crippen LogP contribution in [0.2, 0.25) is 0 Å². The Morgan fingerprint density at radius 1 is 1.04 bits per heavy atom. The maximum atomic E-state index is 13.2. The molecule has 0 spiro atoms. The average Bonchev–Trinajstić information content (AvgIpc) is 2.60. The molecule has 1 aliphatic rings. The van der Waals surface area contributed by atoms with Crippen molar-refractivity contribution in [2.75, 3.05) is 31.1 Å². The van der Waals surface area contributed by atoms with Crippen molar-refractivity contribution >= 4 is 11.6 Å². The van der Waals surface area contributed by atoms with Crippen LogP contribution >= 0.6 is 0 Å². The van der Waals surface area contributed by atoms with E-state index in [-0.39, 0.29) is 11.7 Å². The van der Waals surface area contributed by atoms with Crippen molar-refractivity contribution in [2.24, 2.45) is 0 Å². The molecule has 1 heterocycles. The molecule has 1 aliphatic heterocycles. The highest BCUT2D eigenvalue weighted by atomic mass is 19.1. The minimum Gasteiger partial charge on any atom is -0.368 e. The molecule has 1 amide bonds. The molecule has 3 nitrogen and oxygen atoms in total. The Labute approximate surface area is 142 Å². The van der Waals surface area contributed by atoms with Crippen molar-refractivity contribution in [1.29, 1.82) is 0 Å². The second-order valence-electron chi connectivity index (χ2n) is 6.34. The van der Waals surface area contributed by atoms with E-state index in [1.165, 1.54) is 23.4 Å². The van der Waals surface area contributed by atoms with Crippen LogP contribution in [0.5, 0.6) is 0 Å². The van der Waals surface area contributed by atoms with Crippen molar-refractivity contribution in [2.45, 2.75) is 19.8 Å². The average molecular weight is 326 g/mol. The number of nitrogens with zero attached hydrogens (tertiary/aromatic N) is 2. The van der Waals surface area contributed by atoms with E-state index in [1.54, 1.807) is 6.07 Å². The summed E-state index contributed by atoms with van der Waals surface area (Å²) in [4.78, 5) is 16.6. The van der Waals surface area contributed by atoms with Gasteiger partial charge >= 0.3 is 0 Å². The number of amides is 1. The summed E-state index contributed by atoms with van der Waals surface area (Å²) in [7, 11) is 0. The molecule has 24 heavy (non-hydrogen) atoms. The number of piperazine rings is 1. The van der Waals surface area contributed by atoms with E-state index in [1.807, 2.05) is 11.0 Å². The van der Waals surface area contributed by atoms with Gasteiger partial charge in [0, 0.05) is 38.3 Å². The van der Waals surface area contributed by atoms with Crippen LogP contribution in [0.1, 0.15) is 17.5 Å². The minimum absolute atomic E-state index is 0.156. The van der Waals surface area contributed by atoms with E-state index >= 15 is 0 Å². The van der Waals surface area contributed by atoms with Crippen LogP contribution < -0.4 is 4.90 Å². The maximum Gasteiger partial charge on any atom is 0.223 e. The molecule has 3 rings (SSSR count). The highest BCUT2D eigenvalue weighted by Gasteiger charge is 2.21. The lowest BCUT2D eigenvalue weighted by molar-refractivity contribution is -0.131. The zero-order chi connectivity index (χ0) is 16.9. The van der Waals surface area contributed by atoms with Crippen LogP contribution in [-0.2, 0) is 11.2 Å². The first-order chi connectivity index (χ1) is 11.6. The molecule has 0 radical (unpaired) electrons. The number of hydrogen-bond donors (Lipinski definition) is 0. The summed E-state index contributed by atoms with van der Waals surface area (Å²) in [5, 5.41) is 0. The number of halogens is 1. The second kappa shape index (κ2) is 7.47. The molecule has 0 bridgehead atoms. The van der Waals surface area contributed by atoms with Crippen LogP contribution in [0.15, 0.2) is 48.5 Å². The van der Waals surface area contributed by atoms with Gasteiger partial charge < -0.3 is 9.80 Å². The summed E-state index contributed by atoms with van der Waals surface area (Å²) in [6.07, 6.45) is 1.03. The Balaban J connectivity index is 1.50. The molecule has 2 aromatic carbocycles. The number of aryl methyl sites for hydroxylation is 2. The summed E-state index contributed by atoms with van der Waals surface area (Å²) in [5.41, 5.74) is 3.35. The van der Waals surface area contributed by atoms with Gasteiger partial charge in [-0.3, -0.25) is 4.79 Å². The van der Waals surface area contributed by atoms with Crippen LogP contribution in [0.4, 0.5) is 10.1 Å². The van der Waals surface area contributed by atoms with Crippen LogP contribution in [0, 0.1) is 12.7 Å². The zero-order valence-corrected chi connectivity index (χ0v) is 14.0. The summed E-state index contributed by atoms with van der Waals surface area (Å²) in [6.45, 7) is 5.30. The number of carbonyl (C=O) groups is 1. The molecule has 126 valence electrons. The smallest absolute Gasteiger partial charge is 0.223 e. The zero-order valence-electron chi connectivity index (χ0n) is 14.0. The van der Waals surface area contributed by atoms with Crippen molar-refractivity contribution in [3.05, 3.63) is 65.5 Å². The Bertz CT molecular complexity index is 708. The normalized spacial score (nSPS) is 14.8. The number of anilines is 1. The van der Waals surface area contributed by atoms with E-state index in [9.17, 15) is 9.18 Å². The third-order valence-electron chi connectivity index (χ3n) is 4.52. The molecule has 0 aliphatic carbocycles. The van der Waals surface area contributed by atoms with Gasteiger partial charge in [0.1, 0.15) is 5.82 Å². The lowest BCUT2D eigenvalue weighted by Crippen LogP contribution is -2.48. The van der Waals surface area contributed by atoms with Gasteiger partial charge in [0.15, 0.2) is 0 Å². The Hall–Kier alpha value is -2.36. The van der Waals surface area contributed by atoms with Gasteiger partial charge in [-0.05, 0) is 48.7 Å². The van der Waals surface area contributed by atoms with Gasteiger partial charge in [-0.25, -0.2) is 4.39 Å². The first-order valence-corrected chi connectivity index (χ1v) is 8.46. The predicted octanol–water partition coefficient (Wildman–Crippen LogP) is 3.42. The van der Waals surface area contributed by atoms with Crippen LogP contribution in [0.25, 0.3) is 0 Å². The van der Waals surface area contributed by atoms with E-state index in [0.717, 1.165) is 31.7 Å². The molecule has 0 aromatic heterocycles. The summed E-state index contributed by atoms with van der Waals surface area (Å²) >= 11 is 0. The highest BCUT2D eigenvalue weighted by Crippen LogP contribution is 2.18. The molecule has 1 fully saturated rings. The van der Waals surface area contributed by atoms with E-state index in [2.05, 4.69) is 36.1 Å². The maximum absolute atomic E-state index is 13.2. The molecule has 0 unspecified atom stereocenters. The first-order valence-electron chi connectivity index (χ1n) is 8.46. The lowest BCUT2D eigenvalue weighted by atomic mass is 10.1. The standard InChI is InChI=1S/C20H23FN2O/c1-16-4-2-7-19(14-16)22-10-12-23(13-11-22)20(24)9-8-17-5-3-6-18(21)15-17/h2-7,14-15H,8-13H2,1H3. The Morgan fingerprint density at radius 2 is 1.79 bits per heavy atom. The SMILES string of the molecule is Cc1cccc(N2CCN(C(=O)CCc3cccc(F)c3)CC2)c1. The van der Waals surface area contributed by atoms with Gasteiger partial charge in [-0.15, -0.1) is 0 Å². The van der Waals surface area contributed by atoms with Crippen molar-refractivity contribution in [3.8, 4) is 0 Å². The number of hydrogen-bond acceptors (Lipinski definition) is 2. The molecule has 0 atom stereocenters. The van der Waals surface area contributed by atoms with E-state index in [4.69, 9.17) is 0 Å². The molecule has 0 saturated carbocycles. The number of carbonyl (C=O) groups excluding carboxylic acids is 1. The van der Waals surface area contributed by atoms with Crippen molar-refractivity contribution in [1.82, 2.24) is 4.90 Å². The van der Waals surface area contributed by atoms with E-state index < -0.39 is 0 Å². The van der Waals surface area contributed by atoms with Crippen LogP contribution in [-0.4, -0.2) is 37.0 Å². The third kappa shape index (κ3) is 4.13. The lowest BCUT2D eigenvalue weighted by Gasteiger charge is -2.36. The fourth-order valence-corrected chi connectivity index (χ4v) is 3.14. The highest BCUT2D eigenvalue weighted by molar-refractivity contribution is 5.76. The number of benzene rings is 2. The van der Waals surface area contributed by atoms with Gasteiger partial charge in [-0.1, -0.05) is 24.3 Å². The quantitative estimate of drug-likeness (QED) is 0.859. The second-order valence-corrected chi connectivity index (χ2v) is 6.34. The summed E-state index contributed by atoms with van der Waals surface area (Å²) in [6, 6.07) is 15.0. The minimum atomic E-state index is -0.244. The molecule has 2 aromatic rings. The molecular weight excluding hydrogens is 303 g/mol. The van der Waals surface area contributed by atoms with Crippen molar-refractivity contribution < 1.29 is 9.18 Å². The molecule has 0 N–H and O–H groups in total. The predicted molar refractivity (Wildman–Crippen MR) is 94.7 cm³/mol. The van der Waals surface area contributed by atoms with Gasteiger partial charge in [-0.2, -0.15) is 0 Å². The topological polar surface area (TPSA) is 23.6 Å². The van der Waals surface area contributed by atoms with Gasteiger partial charge in [0.2, 0.25) is 5.91 Å². The third-order valence-corrected chi connectivity index (χ3v) is 4.52. The fourth-order valence-electron chi connectivity index (χ4n) is 3.14. The summed E-state index contributed by atoms with van der Waals surface area (Å²) in [5.74, 6) is -0.0881. The van der Waals surface area contributed by atoms with Crippen LogP contribution in [0.3, 0.4) is 0 Å². The first kappa shape index (κ1) is 16.5.